The maximum atomic E-state index is 12.1. The zero-order chi connectivity index (χ0) is 15.7. The Morgan fingerprint density at radius 1 is 1.25 bits per heavy atom. The monoisotopic (exact) mass is 317 g/mol. The molecule has 0 spiro atoms. The Balaban J connectivity index is 3.01. The molecule has 0 aliphatic carbocycles. The summed E-state index contributed by atoms with van der Waals surface area (Å²) < 4.78 is 22.9. The van der Waals surface area contributed by atoms with E-state index in [1.54, 1.807) is 11.3 Å². The van der Waals surface area contributed by atoms with E-state index in [4.69, 9.17) is 0 Å². The highest BCUT2D eigenvalue weighted by Gasteiger charge is 2.28. The van der Waals surface area contributed by atoms with Crippen molar-refractivity contribution in [2.24, 2.45) is 5.92 Å². The van der Waals surface area contributed by atoms with Crippen molar-refractivity contribution in [3.63, 3.8) is 0 Å². The van der Waals surface area contributed by atoms with Crippen LogP contribution in [0.4, 0.5) is 0 Å². The molecule has 1 aromatic rings. The summed E-state index contributed by atoms with van der Waals surface area (Å²) in [6.07, 6.45) is 1.08. The number of sulfone groups is 1. The van der Waals surface area contributed by atoms with E-state index in [-0.39, 0.29) is 12.0 Å². The van der Waals surface area contributed by atoms with Crippen LogP contribution in [0, 0.1) is 19.8 Å². The molecule has 0 aliphatic heterocycles. The minimum atomic E-state index is -3.37. The fourth-order valence-corrected chi connectivity index (χ4v) is 3.46. The minimum absolute atomic E-state index is 0.156. The van der Waals surface area contributed by atoms with Crippen molar-refractivity contribution in [1.82, 2.24) is 5.32 Å². The molecule has 6 heteroatoms. The van der Waals surface area contributed by atoms with Gasteiger partial charge < -0.3 is 5.32 Å². The lowest BCUT2D eigenvalue weighted by Gasteiger charge is -2.24. The number of amides is 1. The van der Waals surface area contributed by atoms with Gasteiger partial charge in [0.15, 0.2) is 9.84 Å². The third-order valence-electron chi connectivity index (χ3n) is 3.39. The summed E-state index contributed by atoms with van der Waals surface area (Å²) in [5, 5.41) is 1.86. The van der Waals surface area contributed by atoms with Crippen molar-refractivity contribution in [3.8, 4) is 0 Å². The van der Waals surface area contributed by atoms with Gasteiger partial charge in [-0.15, -0.1) is 11.3 Å². The standard InChI is InChI=1S/C14H23NO3S2/c1-8(2)13(12-7-9(3)19-10(12)4)15-14(16)11(5)20(6,17)18/h7-8,11,13H,1-6H3,(H,15,16). The average molecular weight is 317 g/mol. The van der Waals surface area contributed by atoms with Crippen molar-refractivity contribution in [2.75, 3.05) is 6.26 Å². The molecule has 20 heavy (non-hydrogen) atoms. The summed E-state index contributed by atoms with van der Waals surface area (Å²) in [6, 6.07) is 1.91. The quantitative estimate of drug-likeness (QED) is 0.908. The molecule has 0 saturated carbocycles. The maximum absolute atomic E-state index is 12.1. The number of carbonyl (C=O) groups is 1. The Kier molecular flexibility index (Phi) is 5.38. The van der Waals surface area contributed by atoms with Gasteiger partial charge in [0.2, 0.25) is 5.91 Å². The summed E-state index contributed by atoms with van der Waals surface area (Å²) in [4.78, 5) is 14.5. The second-order valence-corrected chi connectivity index (χ2v) is 9.40. The lowest BCUT2D eigenvalue weighted by Crippen LogP contribution is -2.41. The Bertz CT molecular complexity index is 588. The average Bonchev–Trinajstić information content (AvgIpc) is 2.62. The van der Waals surface area contributed by atoms with Crippen molar-refractivity contribution in [1.29, 1.82) is 0 Å². The van der Waals surface area contributed by atoms with Gasteiger partial charge in [-0.1, -0.05) is 13.8 Å². The predicted molar refractivity (Wildman–Crippen MR) is 83.8 cm³/mol. The third kappa shape index (κ3) is 4.06. The first-order valence-corrected chi connectivity index (χ1v) is 9.37. The van der Waals surface area contributed by atoms with E-state index in [9.17, 15) is 13.2 Å². The molecule has 0 bridgehead atoms. The molecule has 2 unspecified atom stereocenters. The fraction of sp³-hybridized carbons (Fsp3) is 0.643. The second-order valence-electron chi connectivity index (χ2n) is 5.57. The number of carbonyl (C=O) groups excluding carboxylic acids is 1. The fourth-order valence-electron chi connectivity index (χ4n) is 2.03. The van der Waals surface area contributed by atoms with Gasteiger partial charge in [0, 0.05) is 16.0 Å². The molecular weight excluding hydrogens is 294 g/mol. The first-order valence-electron chi connectivity index (χ1n) is 6.60. The molecule has 1 N–H and O–H groups in total. The van der Waals surface area contributed by atoms with Gasteiger partial charge in [-0.3, -0.25) is 4.79 Å². The third-order valence-corrected chi connectivity index (χ3v) is 5.87. The molecule has 2 atom stereocenters. The Morgan fingerprint density at radius 2 is 1.80 bits per heavy atom. The largest absolute Gasteiger partial charge is 0.348 e. The van der Waals surface area contributed by atoms with Crippen LogP contribution in [0.5, 0.6) is 0 Å². The smallest absolute Gasteiger partial charge is 0.238 e. The molecule has 4 nitrogen and oxygen atoms in total. The predicted octanol–water partition coefficient (Wildman–Crippen LogP) is 2.61. The first-order chi connectivity index (χ1) is 9.04. The highest BCUT2D eigenvalue weighted by molar-refractivity contribution is 7.92. The zero-order valence-corrected chi connectivity index (χ0v) is 14.5. The summed E-state index contributed by atoms with van der Waals surface area (Å²) in [5.41, 5.74) is 1.08. The summed E-state index contributed by atoms with van der Waals surface area (Å²) >= 11 is 1.69. The Hall–Kier alpha value is -0.880. The van der Waals surface area contributed by atoms with E-state index < -0.39 is 21.0 Å². The molecule has 114 valence electrons. The molecule has 0 fully saturated rings. The minimum Gasteiger partial charge on any atom is -0.348 e. The number of thiophene rings is 1. The van der Waals surface area contributed by atoms with Crippen LogP contribution < -0.4 is 5.32 Å². The van der Waals surface area contributed by atoms with Gasteiger partial charge in [0.05, 0.1) is 6.04 Å². The van der Waals surface area contributed by atoms with Crippen LogP contribution >= 0.6 is 11.3 Å². The Morgan fingerprint density at radius 3 is 2.15 bits per heavy atom. The van der Waals surface area contributed by atoms with Crippen LogP contribution in [-0.2, 0) is 14.6 Å². The summed E-state index contributed by atoms with van der Waals surface area (Å²) in [7, 11) is -3.37. The number of hydrogen-bond donors (Lipinski definition) is 1. The van der Waals surface area contributed by atoms with Gasteiger partial charge in [-0.2, -0.15) is 0 Å². The maximum Gasteiger partial charge on any atom is 0.238 e. The molecular formula is C14H23NO3S2. The van der Waals surface area contributed by atoms with Gasteiger partial charge in [-0.05, 0) is 38.3 Å². The molecule has 1 heterocycles. The number of rotatable bonds is 5. The van der Waals surface area contributed by atoms with E-state index >= 15 is 0 Å². The van der Waals surface area contributed by atoms with Crippen LogP contribution in [0.25, 0.3) is 0 Å². The molecule has 1 amide bonds. The SMILES string of the molecule is Cc1cc(C(NC(=O)C(C)S(C)(=O)=O)C(C)C)c(C)s1. The molecule has 0 aliphatic rings. The van der Waals surface area contributed by atoms with Crippen molar-refractivity contribution < 1.29 is 13.2 Å². The second kappa shape index (κ2) is 6.26. The molecule has 1 aromatic heterocycles. The van der Waals surface area contributed by atoms with Crippen LogP contribution in [0.1, 0.15) is 42.1 Å². The highest BCUT2D eigenvalue weighted by Crippen LogP contribution is 2.30. The van der Waals surface area contributed by atoms with Crippen LogP contribution in [-0.4, -0.2) is 25.8 Å². The van der Waals surface area contributed by atoms with Crippen molar-refractivity contribution >= 4 is 27.1 Å². The van der Waals surface area contributed by atoms with E-state index in [0.29, 0.717) is 0 Å². The molecule has 0 saturated heterocycles. The Labute approximate surface area is 125 Å². The summed E-state index contributed by atoms with van der Waals surface area (Å²) in [5.74, 6) is -0.243. The number of hydrogen-bond acceptors (Lipinski definition) is 4. The van der Waals surface area contributed by atoms with E-state index in [0.717, 1.165) is 16.7 Å². The number of nitrogens with one attached hydrogen (secondary N) is 1. The van der Waals surface area contributed by atoms with Crippen molar-refractivity contribution in [2.45, 2.75) is 45.9 Å². The zero-order valence-electron chi connectivity index (χ0n) is 12.9. The van der Waals surface area contributed by atoms with Crippen LogP contribution in [0.3, 0.4) is 0 Å². The topological polar surface area (TPSA) is 63.2 Å². The van der Waals surface area contributed by atoms with Gasteiger partial charge >= 0.3 is 0 Å². The lowest BCUT2D eigenvalue weighted by molar-refractivity contribution is -0.121. The molecule has 0 aromatic carbocycles. The first kappa shape index (κ1) is 17.2. The normalized spacial score (nSPS) is 15.2. The van der Waals surface area contributed by atoms with Gasteiger partial charge in [0.25, 0.3) is 0 Å². The molecule has 0 radical (unpaired) electrons. The van der Waals surface area contributed by atoms with E-state index in [2.05, 4.69) is 11.4 Å². The molecule has 1 rings (SSSR count). The van der Waals surface area contributed by atoms with E-state index in [1.807, 2.05) is 27.7 Å². The van der Waals surface area contributed by atoms with Gasteiger partial charge in [-0.25, -0.2) is 8.42 Å². The van der Waals surface area contributed by atoms with Crippen LogP contribution in [0.2, 0.25) is 0 Å². The summed E-state index contributed by atoms with van der Waals surface area (Å²) in [6.45, 7) is 9.51. The van der Waals surface area contributed by atoms with E-state index in [1.165, 1.54) is 11.8 Å². The van der Waals surface area contributed by atoms with Crippen LogP contribution in [0.15, 0.2) is 6.07 Å². The highest BCUT2D eigenvalue weighted by atomic mass is 32.2. The lowest BCUT2D eigenvalue weighted by atomic mass is 9.96. The van der Waals surface area contributed by atoms with Crippen molar-refractivity contribution in [3.05, 3.63) is 21.4 Å². The van der Waals surface area contributed by atoms with Gasteiger partial charge in [0.1, 0.15) is 5.25 Å². The number of aryl methyl sites for hydroxylation is 2.